The predicted molar refractivity (Wildman–Crippen MR) is 85.9 cm³/mol. The summed E-state index contributed by atoms with van der Waals surface area (Å²) in [7, 11) is 0. The molecule has 0 aromatic carbocycles. The molecule has 1 atom stereocenters. The first kappa shape index (κ1) is 16.5. The van der Waals surface area contributed by atoms with Crippen LogP contribution in [0.4, 0.5) is 0 Å². The number of ether oxygens (including phenoxy) is 1. The Bertz CT molecular complexity index is 619. The highest BCUT2D eigenvalue weighted by atomic mass is 16.5. The van der Waals surface area contributed by atoms with E-state index in [0.29, 0.717) is 39.3 Å². The van der Waals surface area contributed by atoms with Crippen molar-refractivity contribution in [3.8, 4) is 0 Å². The Morgan fingerprint density at radius 3 is 3.08 bits per heavy atom. The lowest BCUT2D eigenvalue weighted by molar-refractivity contribution is -0.131. The molecule has 0 bridgehead atoms. The van der Waals surface area contributed by atoms with Crippen molar-refractivity contribution in [3.05, 3.63) is 36.9 Å². The van der Waals surface area contributed by atoms with Gasteiger partial charge >= 0.3 is 0 Å². The number of carbonyl (C=O) groups is 1. The van der Waals surface area contributed by atoms with Gasteiger partial charge in [-0.25, -0.2) is 15.0 Å². The lowest BCUT2D eigenvalue weighted by Gasteiger charge is -2.23. The summed E-state index contributed by atoms with van der Waals surface area (Å²) in [6, 6.07) is 1.91. The molecular weight excluding hydrogens is 308 g/mol. The fourth-order valence-electron chi connectivity index (χ4n) is 2.86. The van der Waals surface area contributed by atoms with Gasteiger partial charge in [0.15, 0.2) is 0 Å². The largest absolute Gasteiger partial charge is 0.379 e. The van der Waals surface area contributed by atoms with Gasteiger partial charge in [0.05, 0.1) is 13.2 Å². The third-order valence-corrected chi connectivity index (χ3v) is 4.08. The standard InChI is InChI=1S/C16H22N6O2/c23-16(2-1-5-22-13-18-12-20-22)21-6-7-24-10-14(9-21)8-15-3-4-17-11-19-15/h3-4,11-14H,1-2,5-10H2/t14-/m0/s1. The van der Waals surface area contributed by atoms with Crippen LogP contribution in [0.3, 0.4) is 0 Å². The minimum Gasteiger partial charge on any atom is -0.379 e. The smallest absolute Gasteiger partial charge is 0.222 e. The number of hydrogen-bond donors (Lipinski definition) is 0. The van der Waals surface area contributed by atoms with Gasteiger partial charge < -0.3 is 9.64 Å². The Morgan fingerprint density at radius 1 is 1.33 bits per heavy atom. The highest BCUT2D eigenvalue weighted by Gasteiger charge is 2.22. The Labute approximate surface area is 140 Å². The van der Waals surface area contributed by atoms with Crippen LogP contribution in [0.15, 0.2) is 31.2 Å². The van der Waals surface area contributed by atoms with Crippen molar-refractivity contribution in [2.24, 2.45) is 5.92 Å². The summed E-state index contributed by atoms with van der Waals surface area (Å²) in [5.41, 5.74) is 0.985. The third kappa shape index (κ3) is 4.82. The molecule has 8 nitrogen and oxygen atoms in total. The van der Waals surface area contributed by atoms with E-state index in [1.165, 1.54) is 6.33 Å². The van der Waals surface area contributed by atoms with Crippen molar-refractivity contribution in [1.29, 1.82) is 0 Å². The molecule has 8 heteroatoms. The minimum atomic E-state index is 0.174. The van der Waals surface area contributed by atoms with E-state index < -0.39 is 0 Å². The summed E-state index contributed by atoms with van der Waals surface area (Å²) in [4.78, 5) is 26.5. The van der Waals surface area contributed by atoms with Crippen molar-refractivity contribution in [1.82, 2.24) is 29.6 Å². The first-order valence-electron chi connectivity index (χ1n) is 8.24. The second-order valence-corrected chi connectivity index (χ2v) is 5.95. The molecule has 1 aliphatic rings. The maximum Gasteiger partial charge on any atom is 0.222 e. The Balaban J connectivity index is 1.49. The SMILES string of the molecule is O=C(CCCn1cncn1)N1CCOC[C@@H](Cc2ccncn2)C1. The van der Waals surface area contributed by atoms with E-state index in [-0.39, 0.29) is 11.8 Å². The zero-order valence-electron chi connectivity index (χ0n) is 13.6. The number of amides is 1. The van der Waals surface area contributed by atoms with Gasteiger partial charge in [-0.15, -0.1) is 0 Å². The number of carbonyl (C=O) groups excluding carboxylic acids is 1. The number of hydrogen-bond acceptors (Lipinski definition) is 6. The molecule has 3 heterocycles. The van der Waals surface area contributed by atoms with Crippen molar-refractivity contribution < 1.29 is 9.53 Å². The predicted octanol–water partition coefficient (Wildman–Crippen LogP) is 0.566. The zero-order valence-corrected chi connectivity index (χ0v) is 13.6. The van der Waals surface area contributed by atoms with Crippen LogP contribution in [0.2, 0.25) is 0 Å². The Morgan fingerprint density at radius 2 is 2.29 bits per heavy atom. The summed E-state index contributed by atoms with van der Waals surface area (Å²) < 4.78 is 7.41. The van der Waals surface area contributed by atoms with Gasteiger partial charge in [-0.05, 0) is 18.9 Å². The quantitative estimate of drug-likeness (QED) is 0.769. The first-order chi connectivity index (χ1) is 11.8. The molecule has 0 radical (unpaired) electrons. The highest BCUT2D eigenvalue weighted by Crippen LogP contribution is 2.13. The number of nitrogens with zero attached hydrogens (tertiary/aromatic N) is 6. The molecule has 128 valence electrons. The fourth-order valence-corrected chi connectivity index (χ4v) is 2.86. The van der Waals surface area contributed by atoms with Gasteiger partial charge in [0.25, 0.3) is 0 Å². The van der Waals surface area contributed by atoms with Crippen LogP contribution in [-0.2, 0) is 22.5 Å². The van der Waals surface area contributed by atoms with Crippen molar-refractivity contribution >= 4 is 5.91 Å². The van der Waals surface area contributed by atoms with Gasteiger partial charge in [0, 0.05) is 43.9 Å². The Hall–Kier alpha value is -2.35. The van der Waals surface area contributed by atoms with Crippen LogP contribution in [0.1, 0.15) is 18.5 Å². The summed E-state index contributed by atoms with van der Waals surface area (Å²) in [5, 5.41) is 4.05. The van der Waals surface area contributed by atoms with Crippen LogP contribution in [0, 0.1) is 5.92 Å². The zero-order chi connectivity index (χ0) is 16.6. The third-order valence-electron chi connectivity index (χ3n) is 4.08. The minimum absolute atomic E-state index is 0.174. The lowest BCUT2D eigenvalue weighted by Crippen LogP contribution is -2.36. The molecular formula is C16H22N6O2. The van der Waals surface area contributed by atoms with Crippen molar-refractivity contribution in [2.45, 2.75) is 25.8 Å². The van der Waals surface area contributed by atoms with Crippen LogP contribution in [0.5, 0.6) is 0 Å². The summed E-state index contributed by atoms with van der Waals surface area (Å²) in [6.07, 6.45) is 8.54. The van der Waals surface area contributed by atoms with Gasteiger partial charge in [-0.1, -0.05) is 0 Å². The molecule has 3 rings (SSSR count). The molecule has 24 heavy (non-hydrogen) atoms. The average molecular weight is 330 g/mol. The number of aromatic nitrogens is 5. The number of aryl methyl sites for hydroxylation is 1. The molecule has 0 saturated carbocycles. The lowest BCUT2D eigenvalue weighted by atomic mass is 10.0. The summed E-state index contributed by atoms with van der Waals surface area (Å²) in [6.45, 7) is 3.33. The van der Waals surface area contributed by atoms with Gasteiger partial charge in [-0.2, -0.15) is 5.10 Å². The van der Waals surface area contributed by atoms with Crippen LogP contribution < -0.4 is 0 Å². The Kier molecular flexibility index (Phi) is 5.84. The van der Waals surface area contributed by atoms with E-state index in [1.54, 1.807) is 23.5 Å². The number of rotatable bonds is 6. The second kappa shape index (κ2) is 8.49. The fraction of sp³-hybridized carbons (Fsp3) is 0.562. The molecule has 0 N–H and O–H groups in total. The van der Waals surface area contributed by atoms with E-state index >= 15 is 0 Å². The van der Waals surface area contributed by atoms with Gasteiger partial charge in [-0.3, -0.25) is 9.48 Å². The monoisotopic (exact) mass is 330 g/mol. The molecule has 0 aliphatic carbocycles. The maximum atomic E-state index is 12.5. The van der Waals surface area contributed by atoms with Crippen molar-refractivity contribution in [3.63, 3.8) is 0 Å². The molecule has 2 aromatic rings. The molecule has 0 unspecified atom stereocenters. The van der Waals surface area contributed by atoms with E-state index in [2.05, 4.69) is 20.1 Å². The van der Waals surface area contributed by atoms with Gasteiger partial charge in [0.2, 0.25) is 5.91 Å². The molecule has 1 fully saturated rings. The topological polar surface area (TPSA) is 86.0 Å². The molecule has 1 aliphatic heterocycles. The summed E-state index contributed by atoms with van der Waals surface area (Å²) >= 11 is 0. The summed E-state index contributed by atoms with van der Waals surface area (Å²) in [5.74, 6) is 0.440. The first-order valence-corrected chi connectivity index (χ1v) is 8.24. The van der Waals surface area contributed by atoms with E-state index in [4.69, 9.17) is 4.74 Å². The van der Waals surface area contributed by atoms with Crippen LogP contribution in [-0.4, -0.2) is 61.8 Å². The van der Waals surface area contributed by atoms with Gasteiger partial charge in [0.1, 0.15) is 19.0 Å². The van der Waals surface area contributed by atoms with Crippen LogP contribution in [0.25, 0.3) is 0 Å². The van der Waals surface area contributed by atoms with Crippen molar-refractivity contribution in [2.75, 3.05) is 26.3 Å². The maximum absolute atomic E-state index is 12.5. The molecule has 1 saturated heterocycles. The van der Waals surface area contributed by atoms with E-state index in [0.717, 1.165) is 18.5 Å². The van der Waals surface area contributed by atoms with E-state index in [9.17, 15) is 4.79 Å². The highest BCUT2D eigenvalue weighted by molar-refractivity contribution is 5.76. The average Bonchev–Trinajstić information content (AvgIpc) is 3.01. The molecule has 1 amide bonds. The molecule has 2 aromatic heterocycles. The normalized spacial score (nSPS) is 18.3. The molecule has 0 spiro atoms. The second-order valence-electron chi connectivity index (χ2n) is 5.95. The van der Waals surface area contributed by atoms with E-state index in [1.807, 2.05) is 11.0 Å². The van der Waals surface area contributed by atoms with Crippen LogP contribution >= 0.6 is 0 Å².